The lowest BCUT2D eigenvalue weighted by Crippen LogP contribution is -2.37. The molecule has 0 unspecified atom stereocenters. The van der Waals surface area contributed by atoms with E-state index in [1.807, 2.05) is 20.8 Å². The standard InChI is InChI=1S/C20H24F3N7O2/c1-19(2,3)29-16-25-11-14-15(28-16)30(9-5-8-24-18(31)32)17(27-14)26-13-7-4-6-12(10-13)20(21,22)23/h4,6-7,10-11,24H,5,8-9H2,1-3H3,(H,26,27)(H,31,32)(H,25,28,29)/p-1. The van der Waals surface area contributed by atoms with Gasteiger partial charge in [-0.25, -0.2) is 9.97 Å². The number of nitrogens with zero attached hydrogens (tertiary/aromatic N) is 4. The van der Waals surface area contributed by atoms with Crippen LogP contribution in [0.5, 0.6) is 0 Å². The Bertz CT molecular complexity index is 1110. The number of nitrogens with one attached hydrogen (secondary N) is 3. The summed E-state index contributed by atoms with van der Waals surface area (Å²) in [5.74, 6) is 0.625. The molecule has 0 saturated heterocycles. The summed E-state index contributed by atoms with van der Waals surface area (Å²) in [5, 5.41) is 18.8. The molecule has 3 N–H and O–H groups in total. The van der Waals surface area contributed by atoms with Crippen molar-refractivity contribution in [2.75, 3.05) is 17.2 Å². The Labute approximate surface area is 182 Å². The molecule has 9 nitrogen and oxygen atoms in total. The highest BCUT2D eigenvalue weighted by Gasteiger charge is 2.30. The molecule has 1 amide bonds. The first kappa shape index (κ1) is 23.1. The van der Waals surface area contributed by atoms with Crippen molar-refractivity contribution in [3.63, 3.8) is 0 Å². The van der Waals surface area contributed by atoms with E-state index in [1.165, 1.54) is 18.3 Å². The van der Waals surface area contributed by atoms with Gasteiger partial charge < -0.3 is 25.9 Å². The topological polar surface area (TPSA) is 120 Å². The number of aromatic nitrogens is 4. The highest BCUT2D eigenvalue weighted by atomic mass is 19.4. The number of hydrogen-bond donors (Lipinski definition) is 3. The van der Waals surface area contributed by atoms with Gasteiger partial charge in [0.2, 0.25) is 11.9 Å². The fourth-order valence-corrected chi connectivity index (χ4v) is 2.95. The molecule has 0 aliphatic carbocycles. The van der Waals surface area contributed by atoms with E-state index in [2.05, 4.69) is 30.9 Å². The largest absolute Gasteiger partial charge is 0.530 e. The second kappa shape index (κ2) is 8.89. The smallest absolute Gasteiger partial charge is 0.416 e. The van der Waals surface area contributed by atoms with Crippen LogP contribution >= 0.6 is 0 Å². The molecule has 1 aromatic carbocycles. The Kier molecular flexibility index (Phi) is 6.42. The number of fused-ring (bicyclic) bond motifs is 1. The Morgan fingerprint density at radius 3 is 2.59 bits per heavy atom. The van der Waals surface area contributed by atoms with Gasteiger partial charge in [-0.2, -0.15) is 18.2 Å². The van der Waals surface area contributed by atoms with E-state index in [4.69, 9.17) is 0 Å². The zero-order valence-corrected chi connectivity index (χ0v) is 17.7. The van der Waals surface area contributed by atoms with Crippen molar-refractivity contribution in [2.45, 2.75) is 45.5 Å². The molecule has 32 heavy (non-hydrogen) atoms. The van der Waals surface area contributed by atoms with E-state index in [-0.39, 0.29) is 23.7 Å². The van der Waals surface area contributed by atoms with E-state index in [9.17, 15) is 23.1 Å². The molecular weight excluding hydrogens is 427 g/mol. The molecule has 0 aliphatic rings. The zero-order chi connectivity index (χ0) is 23.5. The number of carbonyl (C=O) groups is 1. The maximum absolute atomic E-state index is 13.1. The Morgan fingerprint density at radius 1 is 1.19 bits per heavy atom. The maximum atomic E-state index is 13.1. The van der Waals surface area contributed by atoms with Crippen molar-refractivity contribution in [3.8, 4) is 0 Å². The highest BCUT2D eigenvalue weighted by Crippen LogP contribution is 2.32. The first-order valence-corrected chi connectivity index (χ1v) is 9.83. The lowest BCUT2D eigenvalue weighted by molar-refractivity contribution is -0.250. The second-order valence-electron chi connectivity index (χ2n) is 8.14. The van der Waals surface area contributed by atoms with Crippen LogP contribution in [0.25, 0.3) is 11.2 Å². The summed E-state index contributed by atoms with van der Waals surface area (Å²) in [4.78, 5) is 23.8. The number of carboxylic acid groups (broad SMARTS) is 1. The predicted molar refractivity (Wildman–Crippen MR) is 111 cm³/mol. The van der Waals surface area contributed by atoms with Gasteiger partial charge in [-0.3, -0.25) is 4.57 Å². The van der Waals surface area contributed by atoms with Gasteiger partial charge in [-0.05, 0) is 45.4 Å². The third-order valence-electron chi connectivity index (χ3n) is 4.25. The first-order valence-electron chi connectivity index (χ1n) is 9.83. The molecule has 2 aromatic heterocycles. The van der Waals surface area contributed by atoms with Gasteiger partial charge in [0, 0.05) is 24.3 Å². The van der Waals surface area contributed by atoms with Crippen molar-refractivity contribution in [1.82, 2.24) is 24.8 Å². The molecule has 12 heteroatoms. The average Bonchev–Trinajstić information content (AvgIpc) is 3.00. The normalized spacial score (nSPS) is 12.1. The Morgan fingerprint density at radius 2 is 1.94 bits per heavy atom. The fraction of sp³-hybridized carbons (Fsp3) is 0.400. The van der Waals surface area contributed by atoms with E-state index < -0.39 is 17.8 Å². The van der Waals surface area contributed by atoms with Crippen LogP contribution in [0.3, 0.4) is 0 Å². The number of anilines is 3. The molecule has 0 spiro atoms. The SMILES string of the molecule is CC(C)(C)Nc1ncc2nc(Nc3cccc(C(F)(F)F)c3)n(CCCNC(=O)[O-])c2n1. The summed E-state index contributed by atoms with van der Waals surface area (Å²) in [6.45, 7) is 6.27. The number of alkyl halides is 3. The van der Waals surface area contributed by atoms with Crippen molar-refractivity contribution in [1.29, 1.82) is 0 Å². The summed E-state index contributed by atoms with van der Waals surface area (Å²) in [7, 11) is 0. The van der Waals surface area contributed by atoms with Crippen LogP contribution in [0.4, 0.5) is 35.5 Å². The summed E-state index contributed by atoms with van der Waals surface area (Å²) in [5.41, 5.74) is 0.00209. The molecule has 2 heterocycles. The molecule has 0 saturated carbocycles. The Hall–Kier alpha value is -3.57. The summed E-state index contributed by atoms with van der Waals surface area (Å²) >= 11 is 0. The van der Waals surface area contributed by atoms with Crippen LogP contribution < -0.4 is 21.1 Å². The monoisotopic (exact) mass is 450 g/mol. The van der Waals surface area contributed by atoms with E-state index >= 15 is 0 Å². The van der Waals surface area contributed by atoms with Gasteiger partial charge in [0.05, 0.1) is 11.8 Å². The van der Waals surface area contributed by atoms with Crippen LogP contribution in [0.1, 0.15) is 32.8 Å². The number of hydrogen-bond acceptors (Lipinski definition) is 7. The second-order valence-corrected chi connectivity index (χ2v) is 8.14. The summed E-state index contributed by atoms with van der Waals surface area (Å²) in [6, 6.07) is 4.76. The minimum absolute atomic E-state index is 0.128. The van der Waals surface area contributed by atoms with E-state index in [0.29, 0.717) is 30.1 Å². The van der Waals surface area contributed by atoms with E-state index in [1.54, 1.807) is 4.57 Å². The molecule has 0 bridgehead atoms. The van der Waals surface area contributed by atoms with Crippen LogP contribution in [-0.4, -0.2) is 37.7 Å². The zero-order valence-electron chi connectivity index (χ0n) is 17.7. The summed E-state index contributed by atoms with van der Waals surface area (Å²) in [6.07, 6.45) is -3.97. The van der Waals surface area contributed by atoms with Gasteiger partial charge in [-0.1, -0.05) is 6.07 Å². The number of rotatable bonds is 7. The van der Waals surface area contributed by atoms with Gasteiger partial charge in [0.15, 0.2) is 5.65 Å². The Balaban J connectivity index is 1.96. The summed E-state index contributed by atoms with van der Waals surface area (Å²) < 4.78 is 40.9. The van der Waals surface area contributed by atoms with Crippen LogP contribution in [0.2, 0.25) is 0 Å². The first-order chi connectivity index (χ1) is 14.9. The van der Waals surface area contributed by atoms with Gasteiger partial charge in [0.1, 0.15) is 11.6 Å². The number of benzene rings is 1. The van der Waals surface area contributed by atoms with Gasteiger partial charge in [-0.15, -0.1) is 0 Å². The quantitative estimate of drug-likeness (QED) is 0.473. The third kappa shape index (κ3) is 5.99. The molecule has 0 fully saturated rings. The molecule has 0 aliphatic heterocycles. The molecular formula is C20H23F3N7O2-. The molecule has 3 rings (SSSR count). The highest BCUT2D eigenvalue weighted by molar-refractivity contribution is 5.76. The van der Waals surface area contributed by atoms with E-state index in [0.717, 1.165) is 12.1 Å². The van der Waals surface area contributed by atoms with Crippen LogP contribution in [-0.2, 0) is 12.7 Å². The van der Waals surface area contributed by atoms with Crippen LogP contribution in [0.15, 0.2) is 30.5 Å². The lowest BCUT2D eigenvalue weighted by Gasteiger charge is -2.20. The number of aryl methyl sites for hydroxylation is 1. The third-order valence-corrected chi connectivity index (χ3v) is 4.25. The molecule has 172 valence electrons. The number of imidazole rings is 1. The molecule has 0 radical (unpaired) electrons. The maximum Gasteiger partial charge on any atom is 0.416 e. The van der Waals surface area contributed by atoms with Crippen molar-refractivity contribution < 1.29 is 23.1 Å². The molecule has 3 aromatic rings. The number of carbonyl (C=O) groups excluding carboxylic acids is 1. The number of amides is 1. The lowest BCUT2D eigenvalue weighted by atomic mass is 10.1. The predicted octanol–water partition coefficient (Wildman–Crippen LogP) is 3.12. The van der Waals surface area contributed by atoms with Crippen molar-refractivity contribution in [3.05, 3.63) is 36.0 Å². The van der Waals surface area contributed by atoms with Crippen molar-refractivity contribution in [2.24, 2.45) is 0 Å². The molecule has 0 atom stereocenters. The minimum Gasteiger partial charge on any atom is -0.530 e. The van der Waals surface area contributed by atoms with Crippen molar-refractivity contribution >= 4 is 34.8 Å². The van der Waals surface area contributed by atoms with Crippen LogP contribution in [0, 0.1) is 0 Å². The average molecular weight is 450 g/mol. The minimum atomic E-state index is -4.48. The number of halogens is 3. The fourth-order valence-electron chi connectivity index (χ4n) is 2.95. The van der Waals surface area contributed by atoms with Gasteiger partial charge in [0.25, 0.3) is 0 Å². The van der Waals surface area contributed by atoms with Gasteiger partial charge >= 0.3 is 6.18 Å².